The monoisotopic (exact) mass is 228 g/mol. The fraction of sp³-hybridized carbons (Fsp3) is 1.00. The van der Waals surface area contributed by atoms with Crippen LogP contribution in [0.25, 0.3) is 0 Å². The van der Waals surface area contributed by atoms with Crippen LogP contribution in [0.15, 0.2) is 0 Å². The summed E-state index contributed by atoms with van der Waals surface area (Å²) in [6, 6.07) is 0.575. The summed E-state index contributed by atoms with van der Waals surface area (Å²) in [6.07, 6.45) is 5.25. The van der Waals surface area contributed by atoms with E-state index in [9.17, 15) is 0 Å². The number of hydrogen-bond donors (Lipinski definition) is 1. The van der Waals surface area contributed by atoms with E-state index in [0.717, 1.165) is 19.7 Å². The van der Waals surface area contributed by atoms with Crippen LogP contribution >= 0.6 is 0 Å². The second kappa shape index (κ2) is 6.58. The molecule has 2 N–H and O–H groups in total. The van der Waals surface area contributed by atoms with Crippen LogP contribution < -0.4 is 5.73 Å². The topological polar surface area (TPSA) is 38.5 Å². The van der Waals surface area contributed by atoms with Crippen LogP contribution in [0.1, 0.15) is 46.5 Å². The summed E-state index contributed by atoms with van der Waals surface area (Å²) in [6.45, 7) is 10.1. The molecule has 0 aromatic carbocycles. The van der Waals surface area contributed by atoms with E-state index >= 15 is 0 Å². The molecule has 1 saturated heterocycles. The first kappa shape index (κ1) is 13.9. The van der Waals surface area contributed by atoms with Gasteiger partial charge in [-0.25, -0.2) is 0 Å². The summed E-state index contributed by atoms with van der Waals surface area (Å²) >= 11 is 0. The van der Waals surface area contributed by atoms with Gasteiger partial charge in [-0.05, 0) is 40.2 Å². The van der Waals surface area contributed by atoms with Gasteiger partial charge in [0.15, 0.2) is 0 Å². The van der Waals surface area contributed by atoms with Gasteiger partial charge < -0.3 is 10.5 Å². The molecule has 1 heterocycles. The summed E-state index contributed by atoms with van der Waals surface area (Å²) in [7, 11) is 0. The molecule has 0 saturated carbocycles. The van der Waals surface area contributed by atoms with Crippen LogP contribution in [0.5, 0.6) is 0 Å². The highest BCUT2D eigenvalue weighted by atomic mass is 16.5. The molecular formula is C13H28N2O. The van der Waals surface area contributed by atoms with Crippen LogP contribution in [-0.2, 0) is 4.74 Å². The van der Waals surface area contributed by atoms with Crippen LogP contribution in [0.4, 0.5) is 0 Å². The SMILES string of the molecule is CC(C)(C)OCCN1CCCCCC1CN. The van der Waals surface area contributed by atoms with Gasteiger partial charge in [0.2, 0.25) is 0 Å². The minimum Gasteiger partial charge on any atom is -0.375 e. The highest BCUT2D eigenvalue weighted by Crippen LogP contribution is 2.16. The van der Waals surface area contributed by atoms with Gasteiger partial charge in [0, 0.05) is 19.1 Å². The standard InChI is InChI=1S/C13H28N2O/c1-13(2,3)16-10-9-15-8-6-4-5-7-12(15)11-14/h12H,4-11,14H2,1-3H3. The Kier molecular flexibility index (Phi) is 5.73. The Labute approximate surface area is 100 Å². The molecule has 3 heteroatoms. The third-order valence-corrected chi connectivity index (χ3v) is 3.18. The Bertz CT molecular complexity index is 189. The van der Waals surface area contributed by atoms with Crippen molar-refractivity contribution in [2.45, 2.75) is 58.1 Å². The Morgan fingerprint density at radius 2 is 2.00 bits per heavy atom. The molecule has 0 amide bonds. The van der Waals surface area contributed by atoms with Gasteiger partial charge in [0.1, 0.15) is 0 Å². The molecule has 1 atom stereocenters. The maximum absolute atomic E-state index is 5.84. The minimum atomic E-state index is -0.0237. The molecule has 0 aromatic heterocycles. The van der Waals surface area contributed by atoms with E-state index in [4.69, 9.17) is 10.5 Å². The number of hydrogen-bond acceptors (Lipinski definition) is 3. The number of ether oxygens (including phenoxy) is 1. The zero-order valence-electron chi connectivity index (χ0n) is 11.2. The molecule has 1 aliphatic heterocycles. The quantitative estimate of drug-likeness (QED) is 0.800. The molecule has 16 heavy (non-hydrogen) atoms. The van der Waals surface area contributed by atoms with E-state index in [1.54, 1.807) is 0 Å². The highest BCUT2D eigenvalue weighted by Gasteiger charge is 2.20. The zero-order valence-corrected chi connectivity index (χ0v) is 11.2. The van der Waals surface area contributed by atoms with E-state index in [1.807, 2.05) is 0 Å². The Balaban J connectivity index is 2.31. The lowest BCUT2D eigenvalue weighted by atomic mass is 10.1. The largest absolute Gasteiger partial charge is 0.375 e. The Hall–Kier alpha value is -0.120. The van der Waals surface area contributed by atoms with Crippen LogP contribution in [0.3, 0.4) is 0 Å². The summed E-state index contributed by atoms with van der Waals surface area (Å²) in [5.74, 6) is 0. The lowest BCUT2D eigenvalue weighted by molar-refractivity contribution is -0.0170. The Morgan fingerprint density at radius 1 is 1.25 bits per heavy atom. The van der Waals surface area contributed by atoms with E-state index in [1.165, 1.54) is 32.2 Å². The van der Waals surface area contributed by atoms with Crippen molar-refractivity contribution < 1.29 is 4.74 Å². The molecule has 1 fully saturated rings. The van der Waals surface area contributed by atoms with Crippen LogP contribution in [0.2, 0.25) is 0 Å². The second-order valence-corrected chi connectivity index (χ2v) is 5.74. The average Bonchev–Trinajstić information content (AvgIpc) is 2.41. The summed E-state index contributed by atoms with van der Waals surface area (Å²) < 4.78 is 5.78. The third-order valence-electron chi connectivity index (χ3n) is 3.18. The van der Waals surface area contributed by atoms with E-state index in [-0.39, 0.29) is 5.60 Å². The van der Waals surface area contributed by atoms with Crippen molar-refractivity contribution >= 4 is 0 Å². The third kappa shape index (κ3) is 5.28. The molecule has 1 unspecified atom stereocenters. The number of nitrogens with zero attached hydrogens (tertiary/aromatic N) is 1. The predicted molar refractivity (Wildman–Crippen MR) is 68.6 cm³/mol. The fourth-order valence-corrected chi connectivity index (χ4v) is 2.27. The second-order valence-electron chi connectivity index (χ2n) is 5.74. The molecule has 96 valence electrons. The lowest BCUT2D eigenvalue weighted by Crippen LogP contribution is -2.42. The fourth-order valence-electron chi connectivity index (χ4n) is 2.27. The van der Waals surface area contributed by atoms with Gasteiger partial charge in [0.05, 0.1) is 12.2 Å². The van der Waals surface area contributed by atoms with Gasteiger partial charge in [0.25, 0.3) is 0 Å². The first-order valence-corrected chi connectivity index (χ1v) is 6.61. The van der Waals surface area contributed by atoms with Crippen molar-refractivity contribution in [3.63, 3.8) is 0 Å². The maximum atomic E-state index is 5.84. The van der Waals surface area contributed by atoms with Crippen molar-refractivity contribution in [3.05, 3.63) is 0 Å². The Morgan fingerprint density at radius 3 is 2.62 bits per heavy atom. The maximum Gasteiger partial charge on any atom is 0.0600 e. The van der Waals surface area contributed by atoms with Crippen LogP contribution in [0, 0.1) is 0 Å². The van der Waals surface area contributed by atoms with E-state index in [2.05, 4.69) is 25.7 Å². The molecule has 1 rings (SSSR count). The van der Waals surface area contributed by atoms with Crippen LogP contribution in [-0.4, -0.2) is 42.8 Å². The zero-order chi connectivity index (χ0) is 12.0. The number of likely N-dealkylation sites (tertiary alicyclic amines) is 1. The van der Waals surface area contributed by atoms with Crippen molar-refractivity contribution in [1.29, 1.82) is 0 Å². The normalized spacial score (nSPS) is 24.4. The molecule has 0 aromatic rings. The van der Waals surface area contributed by atoms with Gasteiger partial charge >= 0.3 is 0 Å². The van der Waals surface area contributed by atoms with Gasteiger partial charge in [-0.1, -0.05) is 12.8 Å². The molecular weight excluding hydrogens is 200 g/mol. The van der Waals surface area contributed by atoms with Crippen molar-refractivity contribution in [2.24, 2.45) is 5.73 Å². The molecule has 0 aliphatic carbocycles. The minimum absolute atomic E-state index is 0.0237. The lowest BCUT2D eigenvalue weighted by Gasteiger charge is -2.30. The number of rotatable bonds is 4. The number of nitrogens with two attached hydrogens (primary N) is 1. The van der Waals surface area contributed by atoms with Gasteiger partial charge in [-0.2, -0.15) is 0 Å². The molecule has 3 nitrogen and oxygen atoms in total. The average molecular weight is 228 g/mol. The smallest absolute Gasteiger partial charge is 0.0600 e. The first-order chi connectivity index (χ1) is 7.53. The van der Waals surface area contributed by atoms with E-state index in [0.29, 0.717) is 6.04 Å². The predicted octanol–water partition coefficient (Wildman–Crippen LogP) is 2.00. The molecule has 0 bridgehead atoms. The summed E-state index contributed by atoms with van der Waals surface area (Å²) in [5.41, 5.74) is 5.81. The van der Waals surface area contributed by atoms with Gasteiger partial charge in [-0.3, -0.25) is 4.90 Å². The summed E-state index contributed by atoms with van der Waals surface area (Å²) in [5, 5.41) is 0. The molecule has 0 spiro atoms. The van der Waals surface area contributed by atoms with Gasteiger partial charge in [-0.15, -0.1) is 0 Å². The molecule has 0 radical (unpaired) electrons. The van der Waals surface area contributed by atoms with Crippen molar-refractivity contribution in [3.8, 4) is 0 Å². The highest BCUT2D eigenvalue weighted by molar-refractivity contribution is 4.76. The van der Waals surface area contributed by atoms with E-state index < -0.39 is 0 Å². The summed E-state index contributed by atoms with van der Waals surface area (Å²) in [4.78, 5) is 2.51. The van der Waals surface area contributed by atoms with Crippen molar-refractivity contribution in [1.82, 2.24) is 4.90 Å². The first-order valence-electron chi connectivity index (χ1n) is 6.61. The molecule has 1 aliphatic rings. The van der Waals surface area contributed by atoms with Crippen molar-refractivity contribution in [2.75, 3.05) is 26.2 Å².